The molecular formula is C16H19NO2. The Morgan fingerprint density at radius 1 is 1.11 bits per heavy atom. The zero-order chi connectivity index (χ0) is 13.1. The number of rotatable bonds is 1. The van der Waals surface area contributed by atoms with Crippen LogP contribution in [0.15, 0.2) is 28.9 Å². The van der Waals surface area contributed by atoms with E-state index in [-0.39, 0.29) is 0 Å². The highest BCUT2D eigenvalue weighted by atomic mass is 16.5. The summed E-state index contributed by atoms with van der Waals surface area (Å²) in [6.07, 6.45) is 8.53. The van der Waals surface area contributed by atoms with E-state index in [1.807, 2.05) is 0 Å². The molecule has 0 radical (unpaired) electrons. The SMILES string of the molecule is O/N=C1\CCCC\C1=C/c1ccc2c(c1)CCCO2. The van der Waals surface area contributed by atoms with Gasteiger partial charge in [0.15, 0.2) is 0 Å². The Morgan fingerprint density at radius 3 is 2.89 bits per heavy atom. The molecule has 19 heavy (non-hydrogen) atoms. The van der Waals surface area contributed by atoms with Crippen LogP contribution in [0, 0.1) is 0 Å². The molecule has 0 saturated heterocycles. The molecule has 1 fully saturated rings. The van der Waals surface area contributed by atoms with E-state index < -0.39 is 0 Å². The summed E-state index contributed by atoms with van der Waals surface area (Å²) in [6, 6.07) is 6.34. The van der Waals surface area contributed by atoms with Gasteiger partial charge >= 0.3 is 0 Å². The largest absolute Gasteiger partial charge is 0.493 e. The summed E-state index contributed by atoms with van der Waals surface area (Å²) in [6.45, 7) is 0.828. The van der Waals surface area contributed by atoms with Crippen molar-refractivity contribution in [2.45, 2.75) is 38.5 Å². The molecule has 0 bridgehead atoms. The number of allylic oxidation sites excluding steroid dienone is 1. The Balaban J connectivity index is 1.89. The summed E-state index contributed by atoms with van der Waals surface area (Å²) in [5, 5.41) is 12.5. The molecule has 2 aliphatic rings. The Kier molecular flexibility index (Phi) is 3.53. The van der Waals surface area contributed by atoms with Gasteiger partial charge in [-0.2, -0.15) is 0 Å². The highest BCUT2D eigenvalue weighted by Gasteiger charge is 2.15. The Labute approximate surface area is 113 Å². The molecule has 1 N–H and O–H groups in total. The maximum Gasteiger partial charge on any atom is 0.122 e. The number of oxime groups is 1. The number of fused-ring (bicyclic) bond motifs is 1. The number of hydrogen-bond acceptors (Lipinski definition) is 3. The Morgan fingerprint density at radius 2 is 2.00 bits per heavy atom. The van der Waals surface area contributed by atoms with Crippen LogP contribution in [-0.4, -0.2) is 17.5 Å². The topological polar surface area (TPSA) is 41.8 Å². The third-order valence-corrected chi connectivity index (χ3v) is 3.87. The van der Waals surface area contributed by atoms with Gasteiger partial charge in [-0.05, 0) is 73.4 Å². The minimum atomic E-state index is 0.828. The van der Waals surface area contributed by atoms with Gasteiger partial charge in [-0.3, -0.25) is 0 Å². The molecule has 1 heterocycles. The second kappa shape index (κ2) is 5.47. The van der Waals surface area contributed by atoms with Crippen LogP contribution in [0.1, 0.15) is 43.2 Å². The summed E-state index contributed by atoms with van der Waals surface area (Å²) in [4.78, 5) is 0. The molecule has 0 atom stereocenters. The van der Waals surface area contributed by atoms with Crippen LogP contribution in [-0.2, 0) is 6.42 Å². The summed E-state index contributed by atoms with van der Waals surface area (Å²) in [5.41, 5.74) is 4.49. The summed E-state index contributed by atoms with van der Waals surface area (Å²) < 4.78 is 5.63. The lowest BCUT2D eigenvalue weighted by Gasteiger charge is -2.18. The number of aryl methyl sites for hydroxylation is 1. The van der Waals surface area contributed by atoms with E-state index in [1.165, 1.54) is 23.1 Å². The standard InChI is InChI=1S/C16H19NO2/c18-17-15-6-2-1-4-13(15)10-12-7-8-16-14(11-12)5-3-9-19-16/h7-8,10-11,18H,1-6,9H2/b13-10+,17-15+. The van der Waals surface area contributed by atoms with E-state index in [9.17, 15) is 0 Å². The van der Waals surface area contributed by atoms with Crippen molar-refractivity contribution in [1.82, 2.24) is 0 Å². The number of hydrogen-bond donors (Lipinski definition) is 1. The van der Waals surface area contributed by atoms with E-state index in [2.05, 4.69) is 29.4 Å². The first kappa shape index (κ1) is 12.3. The van der Waals surface area contributed by atoms with Crippen molar-refractivity contribution in [2.24, 2.45) is 5.16 Å². The smallest absolute Gasteiger partial charge is 0.122 e. The highest BCUT2D eigenvalue weighted by Crippen LogP contribution is 2.28. The number of nitrogens with zero attached hydrogens (tertiary/aromatic N) is 1. The predicted molar refractivity (Wildman–Crippen MR) is 75.9 cm³/mol. The van der Waals surface area contributed by atoms with Crippen molar-refractivity contribution < 1.29 is 9.94 Å². The van der Waals surface area contributed by atoms with Crippen molar-refractivity contribution in [3.05, 3.63) is 34.9 Å². The molecule has 0 unspecified atom stereocenters. The van der Waals surface area contributed by atoms with Gasteiger partial charge in [0, 0.05) is 0 Å². The molecule has 1 aromatic rings. The lowest BCUT2D eigenvalue weighted by Crippen LogP contribution is -2.10. The molecule has 1 aliphatic carbocycles. The molecule has 0 amide bonds. The van der Waals surface area contributed by atoms with Crippen molar-refractivity contribution in [1.29, 1.82) is 0 Å². The second-order valence-corrected chi connectivity index (χ2v) is 5.24. The average Bonchev–Trinajstić information content (AvgIpc) is 2.48. The maximum absolute atomic E-state index is 9.06. The molecule has 100 valence electrons. The van der Waals surface area contributed by atoms with Gasteiger partial charge in [0.1, 0.15) is 5.75 Å². The molecule has 1 aliphatic heterocycles. The number of ether oxygens (including phenoxy) is 1. The average molecular weight is 257 g/mol. The quantitative estimate of drug-likeness (QED) is 0.614. The first-order valence-corrected chi connectivity index (χ1v) is 7.04. The van der Waals surface area contributed by atoms with Crippen LogP contribution in [0.2, 0.25) is 0 Å². The third-order valence-electron chi connectivity index (χ3n) is 3.87. The lowest BCUT2D eigenvalue weighted by molar-refractivity contribution is 0.288. The zero-order valence-electron chi connectivity index (χ0n) is 11.1. The lowest BCUT2D eigenvalue weighted by atomic mass is 9.91. The first-order valence-electron chi connectivity index (χ1n) is 7.04. The third kappa shape index (κ3) is 2.65. The fraction of sp³-hybridized carbons (Fsp3) is 0.438. The summed E-state index contributed by atoms with van der Waals surface area (Å²) in [5.74, 6) is 1.02. The van der Waals surface area contributed by atoms with E-state index in [4.69, 9.17) is 9.94 Å². The molecule has 3 heteroatoms. The monoisotopic (exact) mass is 257 g/mol. The molecule has 0 aromatic heterocycles. The molecule has 0 spiro atoms. The summed E-state index contributed by atoms with van der Waals surface area (Å²) in [7, 11) is 0. The first-order chi connectivity index (χ1) is 9.36. The van der Waals surface area contributed by atoms with Crippen LogP contribution < -0.4 is 4.74 Å². The van der Waals surface area contributed by atoms with Gasteiger partial charge in [-0.1, -0.05) is 11.2 Å². The molecular weight excluding hydrogens is 238 g/mol. The van der Waals surface area contributed by atoms with Gasteiger partial charge in [0.05, 0.1) is 12.3 Å². The van der Waals surface area contributed by atoms with Gasteiger partial charge in [0.25, 0.3) is 0 Å². The van der Waals surface area contributed by atoms with Gasteiger partial charge in [-0.15, -0.1) is 0 Å². The van der Waals surface area contributed by atoms with E-state index in [0.29, 0.717) is 0 Å². The minimum absolute atomic E-state index is 0.828. The Bertz CT molecular complexity index is 532. The minimum Gasteiger partial charge on any atom is -0.493 e. The van der Waals surface area contributed by atoms with Crippen LogP contribution in [0.4, 0.5) is 0 Å². The van der Waals surface area contributed by atoms with Crippen LogP contribution in [0.3, 0.4) is 0 Å². The normalized spacial score (nSPS) is 23.2. The van der Waals surface area contributed by atoms with E-state index >= 15 is 0 Å². The van der Waals surface area contributed by atoms with Gasteiger partial charge in [0.2, 0.25) is 0 Å². The van der Waals surface area contributed by atoms with Crippen molar-refractivity contribution in [2.75, 3.05) is 6.61 Å². The highest BCUT2D eigenvalue weighted by molar-refractivity contribution is 6.03. The second-order valence-electron chi connectivity index (χ2n) is 5.24. The zero-order valence-corrected chi connectivity index (χ0v) is 11.1. The summed E-state index contributed by atoms with van der Waals surface area (Å²) >= 11 is 0. The maximum atomic E-state index is 9.06. The fourth-order valence-electron chi connectivity index (χ4n) is 2.85. The van der Waals surface area contributed by atoms with Crippen molar-refractivity contribution in [3.8, 4) is 5.75 Å². The van der Waals surface area contributed by atoms with Gasteiger partial charge in [-0.25, -0.2) is 0 Å². The predicted octanol–water partition coefficient (Wildman–Crippen LogP) is 3.80. The van der Waals surface area contributed by atoms with Gasteiger partial charge < -0.3 is 9.94 Å². The van der Waals surface area contributed by atoms with Crippen molar-refractivity contribution >= 4 is 11.8 Å². The number of benzene rings is 1. The van der Waals surface area contributed by atoms with E-state index in [1.54, 1.807) is 0 Å². The molecule has 1 saturated carbocycles. The van der Waals surface area contributed by atoms with Crippen molar-refractivity contribution in [3.63, 3.8) is 0 Å². The van der Waals surface area contributed by atoms with Crippen LogP contribution in [0.25, 0.3) is 6.08 Å². The van der Waals surface area contributed by atoms with Crippen LogP contribution in [0.5, 0.6) is 5.75 Å². The Hall–Kier alpha value is -1.77. The molecule has 3 rings (SSSR count). The fourth-order valence-corrected chi connectivity index (χ4v) is 2.85. The molecule has 3 nitrogen and oxygen atoms in total. The molecule has 1 aromatic carbocycles. The van der Waals surface area contributed by atoms with E-state index in [0.717, 1.165) is 50.2 Å². The van der Waals surface area contributed by atoms with Crippen LogP contribution >= 0.6 is 0 Å².